The van der Waals surface area contributed by atoms with Crippen molar-refractivity contribution in [2.45, 2.75) is 0 Å². The first-order valence-corrected chi connectivity index (χ1v) is 7.77. The van der Waals surface area contributed by atoms with Gasteiger partial charge < -0.3 is 19.5 Å². The first-order valence-electron chi connectivity index (χ1n) is 7.39. The van der Waals surface area contributed by atoms with Gasteiger partial charge in [0.05, 0.1) is 17.0 Å². The monoisotopic (exact) mass is 351 g/mol. The molecule has 6 nitrogen and oxygen atoms in total. The second kappa shape index (κ2) is 6.92. The highest BCUT2D eigenvalue weighted by atomic mass is 35.5. The van der Waals surface area contributed by atoms with Gasteiger partial charge in [-0.1, -0.05) is 17.7 Å². The van der Waals surface area contributed by atoms with E-state index in [1.165, 1.54) is 23.3 Å². The number of hydrogen-bond donors (Lipinski definition) is 1. The fraction of sp³-hybridized carbons (Fsp3) is 0.250. The molecule has 1 aromatic heterocycles. The van der Waals surface area contributed by atoms with Crippen LogP contribution >= 0.6 is 11.6 Å². The van der Waals surface area contributed by atoms with Crippen LogP contribution in [0.25, 0.3) is 0 Å². The molecule has 1 N–H and O–H groups in total. The minimum atomic E-state index is -0.667. The maximum atomic E-state index is 13.8. The van der Waals surface area contributed by atoms with Crippen LogP contribution in [0.5, 0.6) is 0 Å². The fourth-order valence-corrected chi connectivity index (χ4v) is 2.64. The second-order valence-electron chi connectivity index (χ2n) is 5.29. The molecule has 0 radical (unpaired) electrons. The number of benzene rings is 1. The third-order valence-corrected chi connectivity index (χ3v) is 4.07. The Morgan fingerprint density at radius 3 is 2.46 bits per heavy atom. The zero-order valence-electron chi connectivity index (χ0n) is 12.7. The number of anilines is 1. The topological polar surface area (TPSA) is 65.8 Å². The van der Waals surface area contributed by atoms with Crippen LogP contribution in [-0.2, 0) is 0 Å². The highest BCUT2D eigenvalue weighted by molar-refractivity contribution is 6.31. The summed E-state index contributed by atoms with van der Waals surface area (Å²) in [5, 5.41) is 2.44. The molecule has 2 heterocycles. The van der Waals surface area contributed by atoms with E-state index in [2.05, 4.69) is 5.32 Å². The molecule has 0 spiro atoms. The Morgan fingerprint density at radius 1 is 1.08 bits per heavy atom. The average molecular weight is 352 g/mol. The lowest BCUT2D eigenvalue weighted by atomic mass is 10.3. The standard InChI is InChI=1S/C16H15ClFN3O3/c17-11-3-1-4-12(14(11)18)19-16(23)21-8-6-20(7-9-21)15(22)13-5-2-10-24-13/h1-5,10H,6-9H2,(H,19,23). The average Bonchev–Trinajstić information content (AvgIpc) is 3.13. The van der Waals surface area contributed by atoms with E-state index < -0.39 is 11.8 Å². The maximum Gasteiger partial charge on any atom is 0.322 e. The molecule has 1 saturated heterocycles. The molecule has 2 aromatic rings. The van der Waals surface area contributed by atoms with Gasteiger partial charge in [0.1, 0.15) is 0 Å². The van der Waals surface area contributed by atoms with Gasteiger partial charge >= 0.3 is 6.03 Å². The molecular formula is C16H15ClFN3O3. The van der Waals surface area contributed by atoms with Crippen molar-refractivity contribution >= 4 is 29.2 Å². The van der Waals surface area contributed by atoms with Gasteiger partial charge in [-0.3, -0.25) is 4.79 Å². The summed E-state index contributed by atoms with van der Waals surface area (Å²) < 4.78 is 18.9. The summed E-state index contributed by atoms with van der Waals surface area (Å²) in [6.07, 6.45) is 1.44. The molecule has 1 aliphatic heterocycles. The van der Waals surface area contributed by atoms with Crippen LogP contribution in [0.15, 0.2) is 41.0 Å². The number of piperazine rings is 1. The minimum absolute atomic E-state index is 0.0293. The molecular weight excluding hydrogens is 337 g/mol. The molecule has 3 rings (SSSR count). The number of carbonyl (C=O) groups excluding carboxylic acids is 2. The summed E-state index contributed by atoms with van der Waals surface area (Å²) in [6, 6.07) is 7.23. The van der Waals surface area contributed by atoms with Crippen molar-refractivity contribution in [3.8, 4) is 0 Å². The molecule has 3 amide bonds. The molecule has 1 aliphatic rings. The van der Waals surface area contributed by atoms with Gasteiger partial charge in [-0.2, -0.15) is 0 Å². The van der Waals surface area contributed by atoms with Crippen molar-refractivity contribution < 1.29 is 18.4 Å². The van der Waals surface area contributed by atoms with E-state index >= 15 is 0 Å². The smallest absolute Gasteiger partial charge is 0.322 e. The van der Waals surface area contributed by atoms with E-state index in [0.29, 0.717) is 26.2 Å². The van der Waals surface area contributed by atoms with Crippen molar-refractivity contribution in [2.24, 2.45) is 0 Å². The van der Waals surface area contributed by atoms with E-state index in [1.807, 2.05) is 0 Å². The highest BCUT2D eigenvalue weighted by Crippen LogP contribution is 2.22. The van der Waals surface area contributed by atoms with Crippen molar-refractivity contribution in [3.63, 3.8) is 0 Å². The van der Waals surface area contributed by atoms with Crippen molar-refractivity contribution in [1.82, 2.24) is 9.80 Å². The number of carbonyl (C=O) groups is 2. The van der Waals surface area contributed by atoms with Crippen LogP contribution in [-0.4, -0.2) is 47.9 Å². The van der Waals surface area contributed by atoms with Crippen LogP contribution in [0.3, 0.4) is 0 Å². The van der Waals surface area contributed by atoms with Crippen LogP contribution < -0.4 is 5.32 Å². The lowest BCUT2D eigenvalue weighted by Crippen LogP contribution is -2.51. The van der Waals surface area contributed by atoms with E-state index in [4.69, 9.17) is 16.0 Å². The van der Waals surface area contributed by atoms with E-state index in [0.717, 1.165) is 0 Å². The Hall–Kier alpha value is -2.54. The summed E-state index contributed by atoms with van der Waals surface area (Å²) in [7, 11) is 0. The van der Waals surface area contributed by atoms with Gasteiger partial charge in [0.15, 0.2) is 11.6 Å². The normalized spacial score (nSPS) is 14.6. The Morgan fingerprint density at radius 2 is 1.79 bits per heavy atom. The number of amides is 3. The lowest BCUT2D eigenvalue weighted by Gasteiger charge is -2.34. The van der Waals surface area contributed by atoms with Gasteiger partial charge in [0, 0.05) is 26.2 Å². The predicted octanol–water partition coefficient (Wildman–Crippen LogP) is 3.06. The van der Waals surface area contributed by atoms with Gasteiger partial charge in [-0.05, 0) is 24.3 Å². The molecule has 126 valence electrons. The molecule has 0 aliphatic carbocycles. The summed E-state index contributed by atoms with van der Waals surface area (Å²) >= 11 is 5.69. The van der Waals surface area contributed by atoms with E-state index in [9.17, 15) is 14.0 Å². The molecule has 0 bridgehead atoms. The van der Waals surface area contributed by atoms with Crippen LogP contribution in [0.1, 0.15) is 10.6 Å². The largest absolute Gasteiger partial charge is 0.459 e. The van der Waals surface area contributed by atoms with E-state index in [1.54, 1.807) is 23.1 Å². The van der Waals surface area contributed by atoms with E-state index in [-0.39, 0.29) is 22.4 Å². The van der Waals surface area contributed by atoms with Gasteiger partial charge in [-0.25, -0.2) is 9.18 Å². The number of hydrogen-bond acceptors (Lipinski definition) is 3. The zero-order valence-corrected chi connectivity index (χ0v) is 13.4. The summed E-state index contributed by atoms with van der Waals surface area (Å²) in [4.78, 5) is 27.5. The Labute approximate surface area is 142 Å². The van der Waals surface area contributed by atoms with Gasteiger partial charge in [-0.15, -0.1) is 0 Å². The molecule has 1 fully saturated rings. The summed E-state index contributed by atoms with van der Waals surface area (Å²) in [5.74, 6) is -0.603. The maximum absolute atomic E-state index is 13.8. The number of halogens is 2. The zero-order chi connectivity index (χ0) is 17.1. The summed E-state index contributed by atoms with van der Waals surface area (Å²) in [6.45, 7) is 1.46. The number of rotatable bonds is 2. The van der Waals surface area contributed by atoms with Crippen molar-refractivity contribution in [2.75, 3.05) is 31.5 Å². The first kappa shape index (κ1) is 16.3. The quantitative estimate of drug-likeness (QED) is 0.904. The number of urea groups is 1. The van der Waals surface area contributed by atoms with Crippen LogP contribution in [0, 0.1) is 5.82 Å². The third kappa shape index (κ3) is 3.35. The van der Waals surface area contributed by atoms with Crippen molar-refractivity contribution in [3.05, 3.63) is 53.2 Å². The SMILES string of the molecule is O=C(Nc1cccc(Cl)c1F)N1CCN(C(=O)c2ccco2)CC1. The Bertz CT molecular complexity index is 743. The molecule has 0 atom stereocenters. The van der Waals surface area contributed by atoms with Gasteiger partial charge in [0.25, 0.3) is 5.91 Å². The summed E-state index contributed by atoms with van der Waals surface area (Å²) in [5.41, 5.74) is 0.0293. The minimum Gasteiger partial charge on any atom is -0.459 e. The molecule has 1 aromatic carbocycles. The number of furan rings is 1. The van der Waals surface area contributed by atoms with Gasteiger partial charge in [0.2, 0.25) is 0 Å². The first-order chi connectivity index (χ1) is 11.6. The molecule has 8 heteroatoms. The number of nitrogens with one attached hydrogen (secondary N) is 1. The van der Waals surface area contributed by atoms with Crippen LogP contribution in [0.4, 0.5) is 14.9 Å². The second-order valence-corrected chi connectivity index (χ2v) is 5.70. The fourth-order valence-electron chi connectivity index (χ4n) is 2.46. The Kier molecular flexibility index (Phi) is 4.71. The highest BCUT2D eigenvalue weighted by Gasteiger charge is 2.26. The number of nitrogens with zero attached hydrogens (tertiary/aromatic N) is 2. The lowest BCUT2D eigenvalue weighted by molar-refractivity contribution is 0.0640. The Balaban J connectivity index is 1.57. The molecule has 0 saturated carbocycles. The van der Waals surface area contributed by atoms with Crippen LogP contribution in [0.2, 0.25) is 5.02 Å². The van der Waals surface area contributed by atoms with Crippen molar-refractivity contribution in [1.29, 1.82) is 0 Å². The molecule has 24 heavy (non-hydrogen) atoms. The third-order valence-electron chi connectivity index (χ3n) is 3.78. The molecule has 0 unspecified atom stereocenters. The predicted molar refractivity (Wildman–Crippen MR) is 86.6 cm³/mol.